The highest BCUT2D eigenvalue weighted by atomic mass is 32.2. The molecule has 1 aromatic rings. The van der Waals surface area contributed by atoms with Crippen LogP contribution in [-0.4, -0.2) is 68.7 Å². The second kappa shape index (κ2) is 9.82. The molecule has 0 aromatic heterocycles. The van der Waals surface area contributed by atoms with Crippen LogP contribution in [0.25, 0.3) is 0 Å². The molecule has 2 saturated heterocycles. The summed E-state index contributed by atoms with van der Waals surface area (Å²) in [4.78, 5) is 14.8. The molecule has 0 bridgehead atoms. The van der Waals surface area contributed by atoms with Gasteiger partial charge in [0.15, 0.2) is 0 Å². The van der Waals surface area contributed by atoms with Crippen LogP contribution in [-0.2, 0) is 32.6 Å². The van der Waals surface area contributed by atoms with E-state index >= 15 is 0 Å². The zero-order chi connectivity index (χ0) is 20.0. The lowest BCUT2D eigenvalue weighted by molar-refractivity contribution is -0.126. The van der Waals surface area contributed by atoms with E-state index in [1.807, 2.05) is 0 Å². The van der Waals surface area contributed by atoms with E-state index in [1.165, 1.54) is 9.87 Å². The molecule has 0 aliphatic carbocycles. The minimum absolute atomic E-state index is 0.0194. The zero-order valence-corrected chi connectivity index (χ0v) is 17.4. The number of piperidine rings is 1. The van der Waals surface area contributed by atoms with Crippen molar-refractivity contribution in [1.82, 2.24) is 14.5 Å². The molecule has 2 heterocycles. The third-order valence-electron chi connectivity index (χ3n) is 5.58. The minimum atomic E-state index is -3.15. The Balaban J connectivity index is 1.42. The number of carbonyl (C=O) groups excluding carboxylic acids is 1. The topological polar surface area (TPSA) is 79.0 Å². The SMILES string of the molecule is CCS(=O)(=O)N1CCC(C(=O)NCc2ccc(CN3CCOCC3)cc2)CC1. The summed E-state index contributed by atoms with van der Waals surface area (Å²) in [5.74, 6) is 0.0284. The highest BCUT2D eigenvalue weighted by Gasteiger charge is 2.29. The highest BCUT2D eigenvalue weighted by Crippen LogP contribution is 2.20. The number of ether oxygens (including phenoxy) is 1. The summed E-state index contributed by atoms with van der Waals surface area (Å²) < 4.78 is 30.7. The fraction of sp³-hybridized carbons (Fsp3) is 0.650. The van der Waals surface area contributed by atoms with Crippen molar-refractivity contribution in [1.29, 1.82) is 0 Å². The van der Waals surface area contributed by atoms with E-state index in [0.29, 0.717) is 32.5 Å². The van der Waals surface area contributed by atoms with Crippen LogP contribution in [0.2, 0.25) is 0 Å². The molecular weight excluding hydrogens is 378 g/mol. The summed E-state index contributed by atoms with van der Waals surface area (Å²) in [6, 6.07) is 8.36. The molecule has 0 saturated carbocycles. The van der Waals surface area contributed by atoms with Crippen molar-refractivity contribution in [3.63, 3.8) is 0 Å². The van der Waals surface area contributed by atoms with Gasteiger partial charge in [-0.05, 0) is 30.9 Å². The number of rotatable bonds is 7. The molecule has 1 amide bonds. The molecule has 2 fully saturated rings. The molecule has 3 rings (SSSR count). The third-order valence-corrected chi connectivity index (χ3v) is 7.46. The number of amides is 1. The van der Waals surface area contributed by atoms with Crippen molar-refractivity contribution in [3.8, 4) is 0 Å². The lowest BCUT2D eigenvalue weighted by Gasteiger charge is -2.30. The summed E-state index contributed by atoms with van der Waals surface area (Å²) in [5.41, 5.74) is 2.34. The maximum absolute atomic E-state index is 12.4. The van der Waals surface area contributed by atoms with Gasteiger partial charge in [-0.15, -0.1) is 0 Å². The fourth-order valence-electron chi connectivity index (χ4n) is 3.69. The average molecular weight is 410 g/mol. The molecule has 0 atom stereocenters. The van der Waals surface area contributed by atoms with Gasteiger partial charge in [-0.3, -0.25) is 9.69 Å². The van der Waals surface area contributed by atoms with Crippen LogP contribution in [0.4, 0.5) is 0 Å². The first-order valence-electron chi connectivity index (χ1n) is 10.1. The summed E-state index contributed by atoms with van der Waals surface area (Å²) in [7, 11) is -3.15. The van der Waals surface area contributed by atoms with Gasteiger partial charge >= 0.3 is 0 Å². The lowest BCUT2D eigenvalue weighted by Crippen LogP contribution is -2.43. The molecule has 28 heavy (non-hydrogen) atoms. The van der Waals surface area contributed by atoms with Gasteiger partial charge < -0.3 is 10.1 Å². The number of hydrogen-bond donors (Lipinski definition) is 1. The van der Waals surface area contributed by atoms with Crippen molar-refractivity contribution in [2.45, 2.75) is 32.9 Å². The number of morpholine rings is 1. The van der Waals surface area contributed by atoms with E-state index in [0.717, 1.165) is 38.4 Å². The Labute approximate surface area is 168 Å². The predicted octanol–water partition coefficient (Wildman–Crippen LogP) is 1.20. The molecule has 1 N–H and O–H groups in total. The van der Waals surface area contributed by atoms with Crippen LogP contribution in [0.15, 0.2) is 24.3 Å². The largest absolute Gasteiger partial charge is 0.379 e. The van der Waals surface area contributed by atoms with E-state index in [-0.39, 0.29) is 17.6 Å². The quantitative estimate of drug-likeness (QED) is 0.732. The molecule has 8 heteroatoms. The Hall–Kier alpha value is -1.48. The van der Waals surface area contributed by atoms with E-state index in [4.69, 9.17) is 4.74 Å². The number of nitrogens with one attached hydrogen (secondary N) is 1. The molecular formula is C20H31N3O4S. The third kappa shape index (κ3) is 5.76. The molecule has 0 radical (unpaired) electrons. The molecule has 2 aliphatic heterocycles. The van der Waals surface area contributed by atoms with Crippen molar-refractivity contribution in [2.24, 2.45) is 5.92 Å². The Bertz CT molecular complexity index is 737. The van der Waals surface area contributed by atoms with E-state index in [2.05, 4.69) is 34.5 Å². The predicted molar refractivity (Wildman–Crippen MR) is 108 cm³/mol. The Morgan fingerprint density at radius 2 is 1.68 bits per heavy atom. The van der Waals surface area contributed by atoms with Gasteiger partial charge in [0.25, 0.3) is 0 Å². The summed E-state index contributed by atoms with van der Waals surface area (Å²) in [6.07, 6.45) is 1.17. The smallest absolute Gasteiger partial charge is 0.223 e. The number of carbonyl (C=O) groups is 1. The zero-order valence-electron chi connectivity index (χ0n) is 16.6. The average Bonchev–Trinajstić information content (AvgIpc) is 2.74. The van der Waals surface area contributed by atoms with Crippen molar-refractivity contribution in [2.75, 3.05) is 45.1 Å². The van der Waals surface area contributed by atoms with Gasteiger partial charge in [-0.1, -0.05) is 24.3 Å². The minimum Gasteiger partial charge on any atom is -0.379 e. The first-order chi connectivity index (χ1) is 13.5. The van der Waals surface area contributed by atoms with Crippen molar-refractivity contribution >= 4 is 15.9 Å². The summed E-state index contributed by atoms with van der Waals surface area (Å²) >= 11 is 0. The lowest BCUT2D eigenvalue weighted by atomic mass is 9.97. The first-order valence-corrected chi connectivity index (χ1v) is 11.7. The summed E-state index contributed by atoms with van der Waals surface area (Å²) in [5, 5.41) is 3.00. The van der Waals surface area contributed by atoms with Gasteiger partial charge in [-0.2, -0.15) is 0 Å². The molecule has 7 nitrogen and oxygen atoms in total. The molecule has 0 spiro atoms. The number of sulfonamides is 1. The Morgan fingerprint density at radius 1 is 1.07 bits per heavy atom. The Kier molecular flexibility index (Phi) is 7.45. The standard InChI is InChI=1S/C20H31N3O4S/c1-2-28(25,26)23-9-7-19(8-10-23)20(24)21-15-17-3-5-18(6-4-17)16-22-11-13-27-14-12-22/h3-6,19H,2,7-16H2,1H3,(H,21,24). The summed E-state index contributed by atoms with van der Waals surface area (Å²) in [6.45, 7) is 7.49. The normalized spacial score (nSPS) is 20.2. The van der Waals surface area contributed by atoms with Gasteiger partial charge in [0.2, 0.25) is 15.9 Å². The maximum atomic E-state index is 12.4. The maximum Gasteiger partial charge on any atom is 0.223 e. The van der Waals surface area contributed by atoms with Crippen LogP contribution in [0, 0.1) is 5.92 Å². The van der Waals surface area contributed by atoms with Crippen molar-refractivity contribution < 1.29 is 17.9 Å². The van der Waals surface area contributed by atoms with Crippen LogP contribution < -0.4 is 5.32 Å². The Morgan fingerprint density at radius 3 is 2.29 bits per heavy atom. The molecule has 2 aliphatic rings. The van der Waals surface area contributed by atoms with Crippen LogP contribution >= 0.6 is 0 Å². The van der Waals surface area contributed by atoms with Crippen LogP contribution in [0.3, 0.4) is 0 Å². The van der Waals surface area contributed by atoms with Gasteiger partial charge in [0, 0.05) is 45.2 Å². The van der Waals surface area contributed by atoms with Gasteiger partial charge in [-0.25, -0.2) is 12.7 Å². The molecule has 156 valence electrons. The molecule has 1 aromatic carbocycles. The highest BCUT2D eigenvalue weighted by molar-refractivity contribution is 7.89. The number of nitrogens with zero attached hydrogens (tertiary/aromatic N) is 2. The van der Waals surface area contributed by atoms with E-state index in [9.17, 15) is 13.2 Å². The van der Waals surface area contributed by atoms with Crippen LogP contribution in [0.1, 0.15) is 30.9 Å². The monoisotopic (exact) mass is 409 g/mol. The fourth-order valence-corrected chi connectivity index (χ4v) is 4.82. The van der Waals surface area contributed by atoms with Gasteiger partial charge in [0.1, 0.15) is 0 Å². The van der Waals surface area contributed by atoms with Crippen LogP contribution in [0.5, 0.6) is 0 Å². The van der Waals surface area contributed by atoms with E-state index < -0.39 is 10.0 Å². The van der Waals surface area contributed by atoms with Gasteiger partial charge in [0.05, 0.1) is 19.0 Å². The molecule has 0 unspecified atom stereocenters. The van der Waals surface area contributed by atoms with E-state index in [1.54, 1.807) is 6.92 Å². The first kappa shape index (κ1) is 21.2. The second-order valence-corrected chi connectivity index (χ2v) is 9.75. The van der Waals surface area contributed by atoms with Crippen molar-refractivity contribution in [3.05, 3.63) is 35.4 Å². The second-order valence-electron chi connectivity index (χ2n) is 7.50. The number of hydrogen-bond acceptors (Lipinski definition) is 5. The number of benzene rings is 1.